The average molecular weight is 354 g/mol. The molecule has 0 aliphatic heterocycles. The number of rotatable bonds is 7. The number of nitrogens with zero attached hydrogens (tertiary/aromatic N) is 1. The molecule has 0 spiro atoms. The minimum atomic E-state index is -0.292. The van der Waals surface area contributed by atoms with Crippen LogP contribution in [0.5, 0.6) is 0 Å². The van der Waals surface area contributed by atoms with Gasteiger partial charge in [0, 0.05) is 36.1 Å². The van der Waals surface area contributed by atoms with Crippen LogP contribution >= 0.6 is 0 Å². The number of hydrogen-bond acceptors (Lipinski definition) is 2. The lowest BCUT2D eigenvalue weighted by Crippen LogP contribution is -2.33. The number of carbonyl (C=O) groups excluding carboxylic acids is 1. The van der Waals surface area contributed by atoms with Gasteiger partial charge in [-0.05, 0) is 42.7 Å². The Morgan fingerprint density at radius 3 is 2.65 bits per heavy atom. The lowest BCUT2D eigenvalue weighted by Gasteiger charge is -2.19. The second-order valence-electron chi connectivity index (χ2n) is 6.23. The molecule has 1 amide bonds. The molecule has 0 unspecified atom stereocenters. The molecule has 1 heterocycles. The lowest BCUT2D eigenvalue weighted by molar-refractivity contribution is -0.131. The first kappa shape index (κ1) is 18.1. The fourth-order valence-electron chi connectivity index (χ4n) is 3.30. The van der Waals surface area contributed by atoms with Crippen molar-refractivity contribution in [3.05, 3.63) is 59.9 Å². The number of amides is 1. The average Bonchev–Trinajstić information content (AvgIpc) is 3.02. The summed E-state index contributed by atoms with van der Waals surface area (Å²) < 4.78 is 13.8. The van der Waals surface area contributed by atoms with Gasteiger partial charge in [-0.25, -0.2) is 4.39 Å². The van der Waals surface area contributed by atoms with Crippen LogP contribution in [0, 0.1) is 5.82 Å². The summed E-state index contributed by atoms with van der Waals surface area (Å²) in [5.74, 6) is -0.300. The summed E-state index contributed by atoms with van der Waals surface area (Å²) in [6.07, 6.45) is 0.825. The number of aliphatic hydroxyl groups is 1. The molecule has 2 aromatic carbocycles. The highest BCUT2D eigenvalue weighted by molar-refractivity contribution is 5.91. The van der Waals surface area contributed by atoms with Gasteiger partial charge in [0.05, 0.1) is 6.61 Å². The molecule has 0 saturated carbocycles. The number of halogens is 1. The molecule has 4 nitrogen and oxygen atoms in total. The van der Waals surface area contributed by atoms with E-state index in [0.29, 0.717) is 25.9 Å². The van der Waals surface area contributed by atoms with Gasteiger partial charge in [-0.3, -0.25) is 4.79 Å². The SMILES string of the molecule is CCN(CCO)C(=O)CCc1c(-c2ccccc2)[nH]c2ccc(F)cc12. The van der Waals surface area contributed by atoms with Crippen molar-refractivity contribution in [1.82, 2.24) is 9.88 Å². The number of fused-ring (bicyclic) bond motifs is 1. The molecule has 0 aliphatic rings. The minimum absolute atomic E-state index is 0.00804. The molecule has 136 valence electrons. The van der Waals surface area contributed by atoms with Crippen molar-refractivity contribution in [3.63, 3.8) is 0 Å². The molecule has 0 saturated heterocycles. The third-order valence-electron chi connectivity index (χ3n) is 4.62. The smallest absolute Gasteiger partial charge is 0.222 e. The van der Waals surface area contributed by atoms with E-state index in [9.17, 15) is 9.18 Å². The van der Waals surface area contributed by atoms with Crippen molar-refractivity contribution in [2.24, 2.45) is 0 Å². The van der Waals surface area contributed by atoms with E-state index in [1.807, 2.05) is 37.3 Å². The van der Waals surface area contributed by atoms with E-state index in [2.05, 4.69) is 4.98 Å². The Bertz CT molecular complexity index is 890. The molecular weight excluding hydrogens is 331 g/mol. The third kappa shape index (κ3) is 3.78. The Morgan fingerprint density at radius 1 is 1.19 bits per heavy atom. The Labute approximate surface area is 152 Å². The first-order chi connectivity index (χ1) is 12.6. The van der Waals surface area contributed by atoms with E-state index in [0.717, 1.165) is 27.7 Å². The van der Waals surface area contributed by atoms with Gasteiger partial charge >= 0.3 is 0 Å². The number of H-pyrrole nitrogens is 1. The van der Waals surface area contributed by atoms with Crippen molar-refractivity contribution in [2.45, 2.75) is 19.8 Å². The number of aliphatic hydroxyl groups excluding tert-OH is 1. The van der Waals surface area contributed by atoms with Gasteiger partial charge in [0.2, 0.25) is 5.91 Å². The van der Waals surface area contributed by atoms with E-state index in [1.165, 1.54) is 12.1 Å². The lowest BCUT2D eigenvalue weighted by atomic mass is 10.0. The standard InChI is InChI=1S/C21H23FN2O2/c1-2-24(12-13-25)20(26)11-9-17-18-14-16(22)8-10-19(18)23-21(17)15-6-4-3-5-7-15/h3-8,10,14,23,25H,2,9,11-13H2,1H3. The fraction of sp³-hybridized carbons (Fsp3) is 0.286. The molecule has 0 bridgehead atoms. The van der Waals surface area contributed by atoms with Crippen LogP contribution in [0.1, 0.15) is 18.9 Å². The quantitative estimate of drug-likeness (QED) is 0.679. The topological polar surface area (TPSA) is 56.3 Å². The highest BCUT2D eigenvalue weighted by Crippen LogP contribution is 2.31. The molecule has 3 aromatic rings. The van der Waals surface area contributed by atoms with Gasteiger partial charge in [-0.2, -0.15) is 0 Å². The van der Waals surface area contributed by atoms with Crippen LogP contribution in [0.15, 0.2) is 48.5 Å². The van der Waals surface area contributed by atoms with Gasteiger partial charge in [-0.15, -0.1) is 0 Å². The molecule has 2 N–H and O–H groups in total. The summed E-state index contributed by atoms with van der Waals surface area (Å²) in [4.78, 5) is 17.4. The van der Waals surface area contributed by atoms with Crippen LogP contribution in [-0.2, 0) is 11.2 Å². The first-order valence-corrected chi connectivity index (χ1v) is 8.88. The molecule has 0 radical (unpaired) electrons. The molecule has 26 heavy (non-hydrogen) atoms. The van der Waals surface area contributed by atoms with Crippen LogP contribution in [0.4, 0.5) is 4.39 Å². The zero-order chi connectivity index (χ0) is 18.5. The zero-order valence-corrected chi connectivity index (χ0v) is 14.8. The summed E-state index contributed by atoms with van der Waals surface area (Å²) in [5, 5.41) is 9.90. The molecular formula is C21H23FN2O2. The van der Waals surface area contributed by atoms with Crippen molar-refractivity contribution in [3.8, 4) is 11.3 Å². The van der Waals surface area contributed by atoms with Gasteiger partial charge in [-0.1, -0.05) is 30.3 Å². The predicted molar refractivity (Wildman–Crippen MR) is 101 cm³/mol. The summed E-state index contributed by atoms with van der Waals surface area (Å²) in [7, 11) is 0. The van der Waals surface area contributed by atoms with Crippen molar-refractivity contribution in [1.29, 1.82) is 0 Å². The van der Waals surface area contributed by atoms with Crippen molar-refractivity contribution < 1.29 is 14.3 Å². The Hall–Kier alpha value is -2.66. The molecule has 5 heteroatoms. The zero-order valence-electron chi connectivity index (χ0n) is 14.8. The minimum Gasteiger partial charge on any atom is -0.395 e. The van der Waals surface area contributed by atoms with Gasteiger partial charge in [0.25, 0.3) is 0 Å². The summed E-state index contributed by atoms with van der Waals surface area (Å²) in [6, 6.07) is 14.5. The summed E-state index contributed by atoms with van der Waals surface area (Å²) >= 11 is 0. The van der Waals surface area contributed by atoms with Crippen LogP contribution in [0.2, 0.25) is 0 Å². The highest BCUT2D eigenvalue weighted by atomic mass is 19.1. The van der Waals surface area contributed by atoms with Crippen molar-refractivity contribution >= 4 is 16.8 Å². The Morgan fingerprint density at radius 2 is 1.96 bits per heavy atom. The second-order valence-corrected chi connectivity index (χ2v) is 6.23. The number of benzene rings is 2. The van der Waals surface area contributed by atoms with E-state index in [-0.39, 0.29) is 18.3 Å². The first-order valence-electron chi connectivity index (χ1n) is 8.88. The maximum absolute atomic E-state index is 13.8. The number of likely N-dealkylation sites (N-methyl/N-ethyl adjacent to an activating group) is 1. The highest BCUT2D eigenvalue weighted by Gasteiger charge is 2.17. The van der Waals surface area contributed by atoms with Crippen LogP contribution in [0.3, 0.4) is 0 Å². The molecule has 3 rings (SSSR count). The van der Waals surface area contributed by atoms with Crippen molar-refractivity contribution in [2.75, 3.05) is 19.7 Å². The number of nitrogens with one attached hydrogen (secondary N) is 1. The van der Waals surface area contributed by atoms with Crippen LogP contribution in [0.25, 0.3) is 22.2 Å². The largest absolute Gasteiger partial charge is 0.395 e. The summed E-state index contributed by atoms with van der Waals surface area (Å²) in [5.41, 5.74) is 3.73. The third-order valence-corrected chi connectivity index (χ3v) is 4.62. The van der Waals surface area contributed by atoms with E-state index in [1.54, 1.807) is 11.0 Å². The summed E-state index contributed by atoms with van der Waals surface area (Å²) in [6.45, 7) is 2.74. The maximum Gasteiger partial charge on any atom is 0.222 e. The van der Waals surface area contributed by atoms with Crippen LogP contribution < -0.4 is 0 Å². The van der Waals surface area contributed by atoms with Crippen LogP contribution in [-0.4, -0.2) is 40.6 Å². The number of carbonyl (C=O) groups is 1. The maximum atomic E-state index is 13.8. The van der Waals surface area contributed by atoms with Gasteiger partial charge < -0.3 is 15.0 Å². The molecule has 0 atom stereocenters. The van der Waals surface area contributed by atoms with E-state index < -0.39 is 0 Å². The van der Waals surface area contributed by atoms with Gasteiger partial charge in [0.15, 0.2) is 0 Å². The molecule has 0 fully saturated rings. The second kappa shape index (κ2) is 8.15. The fourth-order valence-corrected chi connectivity index (χ4v) is 3.30. The number of aromatic amines is 1. The number of hydrogen-bond donors (Lipinski definition) is 2. The number of aryl methyl sites for hydroxylation is 1. The normalized spacial score (nSPS) is 11.0. The van der Waals surface area contributed by atoms with E-state index >= 15 is 0 Å². The van der Waals surface area contributed by atoms with E-state index in [4.69, 9.17) is 5.11 Å². The molecule has 1 aromatic heterocycles. The Kier molecular flexibility index (Phi) is 5.68. The monoisotopic (exact) mass is 354 g/mol. The molecule has 0 aliphatic carbocycles. The van der Waals surface area contributed by atoms with Gasteiger partial charge in [0.1, 0.15) is 5.82 Å². The predicted octanol–water partition coefficient (Wildman–Crippen LogP) is 3.75. The number of aromatic nitrogens is 1. The Balaban J connectivity index is 1.95.